The van der Waals surface area contributed by atoms with Crippen LogP contribution in [0.3, 0.4) is 0 Å². The van der Waals surface area contributed by atoms with E-state index >= 15 is 0 Å². The van der Waals surface area contributed by atoms with Crippen molar-refractivity contribution in [1.29, 1.82) is 0 Å². The van der Waals surface area contributed by atoms with E-state index in [0.717, 1.165) is 28.9 Å². The van der Waals surface area contributed by atoms with Gasteiger partial charge < -0.3 is 9.69 Å². The fourth-order valence-electron chi connectivity index (χ4n) is 2.91. The Morgan fingerprint density at radius 1 is 1.10 bits per heavy atom. The molecule has 3 nitrogen and oxygen atoms in total. The Labute approximate surface area is 124 Å². The predicted molar refractivity (Wildman–Crippen MR) is 85.1 cm³/mol. The van der Waals surface area contributed by atoms with E-state index in [1.165, 1.54) is 11.1 Å². The molecule has 0 fully saturated rings. The van der Waals surface area contributed by atoms with Gasteiger partial charge in [-0.05, 0) is 32.0 Å². The summed E-state index contributed by atoms with van der Waals surface area (Å²) >= 11 is 0. The van der Waals surface area contributed by atoms with Crippen molar-refractivity contribution in [1.82, 2.24) is 4.90 Å². The molecular weight excluding hydrogens is 260 g/mol. The van der Waals surface area contributed by atoms with Crippen molar-refractivity contribution in [2.45, 2.75) is 19.9 Å². The third kappa shape index (κ3) is 2.35. The van der Waals surface area contributed by atoms with Gasteiger partial charge in [-0.25, -0.2) is 4.99 Å². The predicted octanol–water partition coefficient (Wildman–Crippen LogP) is 3.57. The highest BCUT2D eigenvalue weighted by atomic mass is 16.1. The number of aliphatic imine (C=N–C) groups is 1. The minimum Gasteiger partial charge on any atom is -0.345 e. The zero-order chi connectivity index (χ0) is 15.0. The summed E-state index contributed by atoms with van der Waals surface area (Å²) in [6, 6.07) is 13.9. The Hall–Kier alpha value is -2.42. The van der Waals surface area contributed by atoms with Crippen molar-refractivity contribution < 1.29 is 4.79 Å². The second-order valence-corrected chi connectivity index (χ2v) is 5.56. The molecule has 0 N–H and O–H groups in total. The lowest BCUT2D eigenvalue weighted by Crippen LogP contribution is -2.35. The minimum atomic E-state index is -0.283. The van der Waals surface area contributed by atoms with E-state index < -0.39 is 0 Å². The Morgan fingerprint density at radius 2 is 1.76 bits per heavy atom. The molecule has 0 radical (unpaired) electrons. The number of carbonyl (C=O) groups excluding carboxylic acids is 1. The van der Waals surface area contributed by atoms with Gasteiger partial charge in [0.25, 0.3) is 0 Å². The van der Waals surface area contributed by atoms with Crippen molar-refractivity contribution in [2.24, 2.45) is 4.99 Å². The van der Waals surface area contributed by atoms with Gasteiger partial charge in [0.15, 0.2) is 0 Å². The van der Waals surface area contributed by atoms with Gasteiger partial charge in [0.05, 0.1) is 5.69 Å². The number of hydrogen-bond donors (Lipinski definition) is 0. The van der Waals surface area contributed by atoms with E-state index in [9.17, 15) is 4.79 Å². The summed E-state index contributed by atoms with van der Waals surface area (Å²) in [6.07, 6.45) is 0.982. The molecule has 0 saturated heterocycles. The van der Waals surface area contributed by atoms with E-state index in [1.54, 1.807) is 0 Å². The summed E-state index contributed by atoms with van der Waals surface area (Å²) in [4.78, 5) is 18.3. The lowest BCUT2D eigenvalue weighted by Gasteiger charge is -2.32. The van der Waals surface area contributed by atoms with E-state index in [-0.39, 0.29) is 6.04 Å². The Morgan fingerprint density at radius 3 is 2.43 bits per heavy atom. The van der Waals surface area contributed by atoms with Crippen LogP contribution in [-0.4, -0.2) is 24.1 Å². The molecule has 1 aliphatic heterocycles. The lowest BCUT2D eigenvalue weighted by molar-refractivity contribution is -0.111. The monoisotopic (exact) mass is 278 g/mol. The molecule has 0 aliphatic carbocycles. The van der Waals surface area contributed by atoms with Crippen LogP contribution in [0.1, 0.15) is 28.3 Å². The molecule has 1 unspecified atom stereocenters. The minimum absolute atomic E-state index is 0.283. The number of carbonyl (C=O) groups is 1. The van der Waals surface area contributed by atoms with Crippen LogP contribution in [0.15, 0.2) is 47.5 Å². The number of aldehydes is 1. The summed E-state index contributed by atoms with van der Waals surface area (Å²) < 4.78 is 0. The maximum atomic E-state index is 11.5. The van der Waals surface area contributed by atoms with E-state index in [1.807, 2.05) is 36.2 Å². The molecule has 1 atom stereocenters. The quantitative estimate of drug-likeness (QED) is 0.787. The summed E-state index contributed by atoms with van der Waals surface area (Å²) in [5.41, 5.74) is 5.28. The van der Waals surface area contributed by atoms with Crippen molar-refractivity contribution in [3.05, 3.63) is 64.7 Å². The van der Waals surface area contributed by atoms with Gasteiger partial charge in [-0.3, -0.25) is 0 Å². The molecule has 2 aromatic rings. The van der Waals surface area contributed by atoms with Gasteiger partial charge in [0.2, 0.25) is 0 Å². The second kappa shape index (κ2) is 5.17. The van der Waals surface area contributed by atoms with Gasteiger partial charge in [0.1, 0.15) is 18.2 Å². The topological polar surface area (TPSA) is 32.7 Å². The Bertz CT molecular complexity index is 713. The first-order valence-electron chi connectivity index (χ1n) is 7.04. The van der Waals surface area contributed by atoms with Crippen LogP contribution in [0, 0.1) is 13.8 Å². The molecule has 3 rings (SSSR count). The number of fused-ring (bicyclic) bond motifs is 1. The number of rotatable bonds is 2. The number of benzene rings is 2. The van der Waals surface area contributed by atoms with Crippen LogP contribution >= 0.6 is 0 Å². The molecule has 1 aliphatic rings. The Kier molecular flexibility index (Phi) is 3.34. The van der Waals surface area contributed by atoms with Gasteiger partial charge in [-0.15, -0.1) is 0 Å². The van der Waals surface area contributed by atoms with E-state index in [0.29, 0.717) is 0 Å². The highest BCUT2D eigenvalue weighted by molar-refractivity contribution is 6.03. The molecule has 21 heavy (non-hydrogen) atoms. The molecule has 0 saturated carbocycles. The van der Waals surface area contributed by atoms with Crippen LogP contribution in [0.5, 0.6) is 0 Å². The molecule has 2 aromatic carbocycles. The number of amidine groups is 1. The average Bonchev–Trinajstić information content (AvgIpc) is 2.45. The van der Waals surface area contributed by atoms with Gasteiger partial charge >= 0.3 is 0 Å². The Balaban J connectivity index is 2.18. The summed E-state index contributed by atoms with van der Waals surface area (Å²) in [6.45, 7) is 4.15. The summed E-state index contributed by atoms with van der Waals surface area (Å²) in [7, 11) is 1.92. The van der Waals surface area contributed by atoms with Crippen LogP contribution in [0.2, 0.25) is 0 Å². The molecule has 3 heteroatoms. The van der Waals surface area contributed by atoms with Crippen molar-refractivity contribution >= 4 is 17.8 Å². The summed E-state index contributed by atoms with van der Waals surface area (Å²) in [5.74, 6) is 0.845. The average molecular weight is 278 g/mol. The van der Waals surface area contributed by atoms with Crippen molar-refractivity contribution in [3.63, 3.8) is 0 Å². The van der Waals surface area contributed by atoms with Crippen LogP contribution in [0.4, 0.5) is 5.69 Å². The van der Waals surface area contributed by atoms with Crippen LogP contribution in [0.25, 0.3) is 0 Å². The number of hydrogen-bond acceptors (Lipinski definition) is 3. The number of likely N-dealkylation sites (N-methyl/N-ethyl adjacent to an activating group) is 1. The SMILES string of the molecule is Cc1cc(C)cc(C2=Nc3ccccc3C(C=O)N2C)c1. The smallest absolute Gasteiger partial charge is 0.147 e. The first-order chi connectivity index (χ1) is 10.1. The normalized spacial score (nSPS) is 17.2. The third-order valence-electron chi connectivity index (χ3n) is 3.84. The molecule has 0 spiro atoms. The molecule has 1 heterocycles. The fourth-order valence-corrected chi connectivity index (χ4v) is 2.91. The zero-order valence-electron chi connectivity index (χ0n) is 12.5. The van der Waals surface area contributed by atoms with E-state index in [4.69, 9.17) is 4.99 Å². The molecule has 106 valence electrons. The lowest BCUT2D eigenvalue weighted by atomic mass is 9.99. The first-order valence-corrected chi connectivity index (χ1v) is 7.04. The molecule has 0 aromatic heterocycles. The number of nitrogens with zero attached hydrogens (tertiary/aromatic N) is 2. The molecular formula is C18H18N2O. The largest absolute Gasteiger partial charge is 0.345 e. The van der Waals surface area contributed by atoms with Crippen LogP contribution < -0.4 is 0 Å². The highest BCUT2D eigenvalue weighted by Gasteiger charge is 2.27. The zero-order valence-corrected chi connectivity index (χ0v) is 12.5. The molecule has 0 amide bonds. The first kappa shape index (κ1) is 13.6. The van der Waals surface area contributed by atoms with Crippen molar-refractivity contribution in [3.8, 4) is 0 Å². The fraction of sp³-hybridized carbons (Fsp3) is 0.222. The van der Waals surface area contributed by atoms with Crippen molar-refractivity contribution in [2.75, 3.05) is 7.05 Å². The number of para-hydroxylation sites is 1. The highest BCUT2D eigenvalue weighted by Crippen LogP contribution is 2.34. The van der Waals surface area contributed by atoms with Gasteiger partial charge in [-0.1, -0.05) is 35.4 Å². The van der Waals surface area contributed by atoms with Gasteiger partial charge in [-0.2, -0.15) is 0 Å². The second-order valence-electron chi connectivity index (χ2n) is 5.56. The maximum absolute atomic E-state index is 11.5. The van der Waals surface area contributed by atoms with E-state index in [2.05, 4.69) is 32.0 Å². The number of aryl methyl sites for hydroxylation is 2. The standard InChI is InChI=1S/C18H18N2O/c1-12-8-13(2)10-14(9-12)18-19-16-7-5-4-6-15(16)17(11-21)20(18)3/h4-11,17H,1-3H3. The van der Waals surface area contributed by atoms with Crippen LogP contribution in [-0.2, 0) is 4.79 Å². The summed E-state index contributed by atoms with van der Waals surface area (Å²) in [5, 5.41) is 0. The third-order valence-corrected chi connectivity index (χ3v) is 3.84. The maximum Gasteiger partial charge on any atom is 0.147 e. The molecule has 0 bridgehead atoms. The van der Waals surface area contributed by atoms with Gasteiger partial charge in [0, 0.05) is 18.2 Å².